The van der Waals surface area contributed by atoms with E-state index < -0.39 is 27.6 Å². The van der Waals surface area contributed by atoms with Gasteiger partial charge in [0.1, 0.15) is 11.6 Å². The highest BCUT2D eigenvalue weighted by Gasteiger charge is 2.17. The van der Waals surface area contributed by atoms with Crippen molar-refractivity contribution in [2.24, 2.45) is 0 Å². The second-order valence-corrected chi connectivity index (χ2v) is 6.73. The van der Waals surface area contributed by atoms with Gasteiger partial charge in [0.15, 0.2) is 0 Å². The third kappa shape index (κ3) is 4.29. The van der Waals surface area contributed by atoms with Crippen LogP contribution in [0.4, 0.5) is 14.5 Å². The maximum Gasteiger partial charge on any atom is 0.338 e. The van der Waals surface area contributed by atoms with Crippen molar-refractivity contribution >= 4 is 21.7 Å². The van der Waals surface area contributed by atoms with Crippen LogP contribution in [0, 0.1) is 11.6 Å². The van der Waals surface area contributed by atoms with E-state index in [1.54, 1.807) is 6.92 Å². The van der Waals surface area contributed by atoms with Crippen LogP contribution in [-0.2, 0) is 14.8 Å². The van der Waals surface area contributed by atoms with Crippen LogP contribution in [0.25, 0.3) is 11.1 Å². The van der Waals surface area contributed by atoms with E-state index in [1.165, 1.54) is 24.3 Å². The van der Waals surface area contributed by atoms with E-state index in [2.05, 4.69) is 4.72 Å². The zero-order chi connectivity index (χ0) is 17.9. The molecule has 2 aromatic rings. The number of ether oxygens (including phenoxy) is 1. The molecule has 2 rings (SSSR count). The number of rotatable bonds is 5. The van der Waals surface area contributed by atoms with Crippen LogP contribution in [-0.4, -0.2) is 27.2 Å². The molecular weight excluding hydrogens is 340 g/mol. The zero-order valence-electron chi connectivity index (χ0n) is 13.0. The number of sulfonamides is 1. The van der Waals surface area contributed by atoms with Gasteiger partial charge < -0.3 is 4.74 Å². The summed E-state index contributed by atoms with van der Waals surface area (Å²) in [6.45, 7) is 1.79. The second-order valence-electron chi connectivity index (χ2n) is 4.98. The van der Waals surface area contributed by atoms with Gasteiger partial charge in [-0.2, -0.15) is 0 Å². The summed E-state index contributed by atoms with van der Waals surface area (Å²) in [5.74, 6) is -2.28. The Morgan fingerprint density at radius 2 is 1.83 bits per heavy atom. The average molecular weight is 355 g/mol. The molecular formula is C16H15F2NO4S. The molecule has 5 nitrogen and oxygen atoms in total. The molecule has 0 heterocycles. The summed E-state index contributed by atoms with van der Waals surface area (Å²) in [5.41, 5.74) is 0.239. The molecule has 1 N–H and O–H groups in total. The fraction of sp³-hybridized carbons (Fsp3) is 0.188. The third-order valence-corrected chi connectivity index (χ3v) is 3.64. The summed E-state index contributed by atoms with van der Waals surface area (Å²) in [6, 6.07) is 6.86. The van der Waals surface area contributed by atoms with E-state index >= 15 is 0 Å². The Balaban J connectivity index is 2.62. The molecule has 0 amide bonds. The minimum Gasteiger partial charge on any atom is -0.462 e. The summed E-state index contributed by atoms with van der Waals surface area (Å²) >= 11 is 0. The van der Waals surface area contributed by atoms with Gasteiger partial charge in [-0.15, -0.1) is 0 Å². The first-order valence-electron chi connectivity index (χ1n) is 6.95. The molecule has 0 aliphatic heterocycles. The van der Waals surface area contributed by atoms with Crippen LogP contribution in [0.15, 0.2) is 36.4 Å². The first kappa shape index (κ1) is 17.9. The van der Waals surface area contributed by atoms with Crippen molar-refractivity contribution in [2.75, 3.05) is 17.6 Å². The number of esters is 1. The minimum absolute atomic E-state index is 0.0475. The third-order valence-electron chi connectivity index (χ3n) is 3.05. The maximum absolute atomic E-state index is 14.1. The molecule has 0 unspecified atom stereocenters. The van der Waals surface area contributed by atoms with E-state index in [0.717, 1.165) is 12.3 Å². The van der Waals surface area contributed by atoms with Crippen molar-refractivity contribution in [1.82, 2.24) is 0 Å². The average Bonchev–Trinajstić information content (AvgIpc) is 2.47. The van der Waals surface area contributed by atoms with Gasteiger partial charge in [-0.1, -0.05) is 0 Å². The Bertz CT molecular complexity index is 882. The Morgan fingerprint density at radius 3 is 2.42 bits per heavy atom. The number of nitrogens with one attached hydrogen (secondary N) is 1. The number of carbonyl (C=O) groups is 1. The molecule has 0 saturated heterocycles. The SMILES string of the molecule is CCOC(=O)c1ccc(NS(C)(=O)=O)c(-c2ccc(F)cc2F)c1. The first-order valence-corrected chi connectivity index (χ1v) is 8.85. The largest absolute Gasteiger partial charge is 0.462 e. The van der Waals surface area contributed by atoms with Gasteiger partial charge in [-0.25, -0.2) is 22.0 Å². The standard InChI is InChI=1S/C16H15F2NO4S/c1-3-23-16(20)10-4-7-15(19-24(2,21)22)13(8-10)12-6-5-11(17)9-14(12)18/h4-9,19H,3H2,1-2H3. The summed E-state index contributed by atoms with van der Waals surface area (Å²) in [5, 5.41) is 0. The summed E-state index contributed by atoms with van der Waals surface area (Å²) in [4.78, 5) is 11.8. The smallest absolute Gasteiger partial charge is 0.338 e. The van der Waals surface area contributed by atoms with Crippen molar-refractivity contribution < 1.29 is 26.7 Å². The Hall–Kier alpha value is -2.48. The van der Waals surface area contributed by atoms with E-state index in [1.807, 2.05) is 0 Å². The molecule has 0 spiro atoms. The van der Waals surface area contributed by atoms with Crippen molar-refractivity contribution in [1.29, 1.82) is 0 Å². The number of anilines is 1. The van der Waals surface area contributed by atoms with E-state index in [4.69, 9.17) is 4.74 Å². The molecule has 2 aromatic carbocycles. The van der Waals surface area contributed by atoms with Gasteiger partial charge in [0.2, 0.25) is 10.0 Å². The Labute approximate surface area is 138 Å². The predicted octanol–water partition coefficient (Wildman–Crippen LogP) is 3.18. The van der Waals surface area contributed by atoms with Crippen LogP contribution in [0.5, 0.6) is 0 Å². The van der Waals surface area contributed by atoms with Gasteiger partial charge in [0.25, 0.3) is 0 Å². The lowest BCUT2D eigenvalue weighted by Crippen LogP contribution is -2.12. The molecule has 0 radical (unpaired) electrons. The predicted molar refractivity (Wildman–Crippen MR) is 86.2 cm³/mol. The molecule has 0 saturated carbocycles. The van der Waals surface area contributed by atoms with Crippen LogP contribution < -0.4 is 4.72 Å². The Morgan fingerprint density at radius 1 is 1.12 bits per heavy atom. The highest BCUT2D eigenvalue weighted by atomic mass is 32.2. The van der Waals surface area contributed by atoms with Gasteiger partial charge in [-0.3, -0.25) is 4.72 Å². The van der Waals surface area contributed by atoms with Crippen molar-refractivity contribution in [3.8, 4) is 11.1 Å². The molecule has 128 valence electrons. The number of hydrogen-bond acceptors (Lipinski definition) is 4. The van der Waals surface area contributed by atoms with Crippen LogP contribution >= 0.6 is 0 Å². The zero-order valence-corrected chi connectivity index (χ0v) is 13.8. The highest BCUT2D eigenvalue weighted by Crippen LogP contribution is 2.32. The second kappa shape index (κ2) is 6.96. The number of halogens is 2. The van der Waals surface area contributed by atoms with Crippen LogP contribution in [0.1, 0.15) is 17.3 Å². The molecule has 8 heteroatoms. The van der Waals surface area contributed by atoms with E-state index in [-0.39, 0.29) is 29.0 Å². The monoisotopic (exact) mass is 355 g/mol. The van der Waals surface area contributed by atoms with Gasteiger partial charge in [0.05, 0.1) is 24.1 Å². The minimum atomic E-state index is -3.63. The molecule has 0 aromatic heterocycles. The first-order chi connectivity index (χ1) is 11.2. The van der Waals surface area contributed by atoms with Crippen molar-refractivity contribution in [3.05, 3.63) is 53.6 Å². The summed E-state index contributed by atoms with van der Waals surface area (Å²) in [7, 11) is -3.63. The molecule has 0 aliphatic carbocycles. The molecule has 0 bridgehead atoms. The van der Waals surface area contributed by atoms with Gasteiger partial charge >= 0.3 is 5.97 Å². The van der Waals surface area contributed by atoms with Gasteiger partial charge in [-0.05, 0) is 37.3 Å². The number of carbonyl (C=O) groups excluding carboxylic acids is 1. The van der Waals surface area contributed by atoms with E-state index in [9.17, 15) is 22.0 Å². The van der Waals surface area contributed by atoms with Gasteiger partial charge in [0, 0.05) is 17.2 Å². The highest BCUT2D eigenvalue weighted by molar-refractivity contribution is 7.92. The van der Waals surface area contributed by atoms with Crippen LogP contribution in [0.3, 0.4) is 0 Å². The summed E-state index contributed by atoms with van der Waals surface area (Å²) in [6.07, 6.45) is 0.942. The van der Waals surface area contributed by atoms with Crippen molar-refractivity contribution in [3.63, 3.8) is 0 Å². The molecule has 0 fully saturated rings. The maximum atomic E-state index is 14.1. The lowest BCUT2D eigenvalue weighted by molar-refractivity contribution is 0.0526. The molecule has 0 atom stereocenters. The lowest BCUT2D eigenvalue weighted by atomic mass is 10.0. The van der Waals surface area contributed by atoms with Crippen LogP contribution in [0.2, 0.25) is 0 Å². The summed E-state index contributed by atoms with van der Waals surface area (Å²) < 4.78 is 57.3. The molecule has 24 heavy (non-hydrogen) atoms. The lowest BCUT2D eigenvalue weighted by Gasteiger charge is -2.13. The number of benzene rings is 2. The topological polar surface area (TPSA) is 72.5 Å². The van der Waals surface area contributed by atoms with Crippen molar-refractivity contribution in [2.45, 2.75) is 6.92 Å². The number of hydrogen-bond donors (Lipinski definition) is 1. The molecule has 0 aliphatic rings. The Kier molecular flexibility index (Phi) is 5.18. The van der Waals surface area contributed by atoms with E-state index in [0.29, 0.717) is 6.07 Å². The fourth-order valence-electron chi connectivity index (χ4n) is 2.11. The normalized spacial score (nSPS) is 11.2. The fourth-order valence-corrected chi connectivity index (χ4v) is 2.68. The quantitative estimate of drug-likeness (QED) is 0.836.